The monoisotopic (exact) mass is 221 g/mol. The number of hydrogen-bond donors (Lipinski definition) is 1. The van der Waals surface area contributed by atoms with Crippen LogP contribution in [0.1, 0.15) is 18.0 Å². The van der Waals surface area contributed by atoms with Gasteiger partial charge in [-0.1, -0.05) is 18.2 Å². The number of ether oxygens (including phenoxy) is 1. The normalized spacial score (nSPS) is 25.7. The number of rotatable bonds is 2. The highest BCUT2D eigenvalue weighted by Crippen LogP contribution is 2.36. The Kier molecular flexibility index (Phi) is 2.69. The van der Waals surface area contributed by atoms with Crippen LogP contribution in [-0.4, -0.2) is 25.0 Å². The fraction of sp³-hybridized carbons (Fsp3) is 0.500. The molecule has 0 aliphatic carbocycles. The quantitative estimate of drug-likeness (QED) is 0.827. The summed E-state index contributed by atoms with van der Waals surface area (Å²) in [6.07, 6.45) is 1.23. The predicted octanol–water partition coefficient (Wildman–Crippen LogP) is 2.21. The van der Waals surface area contributed by atoms with Crippen LogP contribution >= 0.6 is 11.8 Å². The fourth-order valence-corrected chi connectivity index (χ4v) is 3.26. The van der Waals surface area contributed by atoms with Crippen molar-refractivity contribution in [2.24, 2.45) is 0 Å². The Balaban J connectivity index is 1.79. The lowest BCUT2D eigenvalue weighted by Gasteiger charge is -2.34. The number of benzene rings is 1. The van der Waals surface area contributed by atoms with Crippen LogP contribution in [-0.2, 0) is 4.74 Å². The van der Waals surface area contributed by atoms with Gasteiger partial charge in [0.2, 0.25) is 0 Å². The van der Waals surface area contributed by atoms with Crippen molar-refractivity contribution >= 4 is 11.8 Å². The summed E-state index contributed by atoms with van der Waals surface area (Å²) in [7, 11) is 0. The molecule has 1 fully saturated rings. The third kappa shape index (κ3) is 1.92. The minimum atomic E-state index is 0.538. The molecule has 1 unspecified atom stereocenters. The molecule has 2 heterocycles. The largest absolute Gasteiger partial charge is 0.378 e. The van der Waals surface area contributed by atoms with Crippen LogP contribution in [0, 0.1) is 0 Å². The third-order valence-electron chi connectivity index (χ3n) is 3.03. The number of nitrogens with one attached hydrogen (secondary N) is 1. The molecule has 0 spiro atoms. The van der Waals surface area contributed by atoms with Gasteiger partial charge in [-0.25, -0.2) is 0 Å². The Morgan fingerprint density at radius 2 is 2.13 bits per heavy atom. The summed E-state index contributed by atoms with van der Waals surface area (Å²) in [6.45, 7) is 1.76. The average Bonchev–Trinajstić information content (AvgIpc) is 2.23. The molecule has 1 aromatic rings. The lowest BCUT2D eigenvalue weighted by molar-refractivity contribution is -0.0105. The smallest absolute Gasteiger partial charge is 0.0643 e. The van der Waals surface area contributed by atoms with Crippen molar-refractivity contribution in [2.75, 3.05) is 19.0 Å². The van der Waals surface area contributed by atoms with E-state index in [9.17, 15) is 0 Å². The van der Waals surface area contributed by atoms with E-state index >= 15 is 0 Å². The van der Waals surface area contributed by atoms with E-state index in [-0.39, 0.29) is 0 Å². The van der Waals surface area contributed by atoms with Gasteiger partial charge in [0.1, 0.15) is 0 Å². The van der Waals surface area contributed by atoms with Crippen LogP contribution in [0.5, 0.6) is 0 Å². The summed E-state index contributed by atoms with van der Waals surface area (Å²) in [4.78, 5) is 1.45. The summed E-state index contributed by atoms with van der Waals surface area (Å²) < 4.78 is 5.20. The van der Waals surface area contributed by atoms with Crippen molar-refractivity contribution in [3.63, 3.8) is 0 Å². The van der Waals surface area contributed by atoms with Crippen molar-refractivity contribution in [2.45, 2.75) is 23.4 Å². The Bertz CT molecular complexity index is 351. The summed E-state index contributed by atoms with van der Waals surface area (Å²) in [5.74, 6) is 1.22. The van der Waals surface area contributed by atoms with E-state index < -0.39 is 0 Å². The van der Waals surface area contributed by atoms with Crippen LogP contribution in [0.4, 0.5) is 0 Å². The number of thioether (sulfide) groups is 1. The van der Waals surface area contributed by atoms with E-state index in [1.165, 1.54) is 22.6 Å². The molecule has 1 saturated heterocycles. The zero-order chi connectivity index (χ0) is 10.1. The molecule has 0 radical (unpaired) electrons. The van der Waals surface area contributed by atoms with Gasteiger partial charge in [0.15, 0.2) is 0 Å². The first-order valence-electron chi connectivity index (χ1n) is 5.49. The highest BCUT2D eigenvalue weighted by molar-refractivity contribution is 7.99. The zero-order valence-corrected chi connectivity index (χ0v) is 9.43. The fourth-order valence-electron chi connectivity index (χ4n) is 2.13. The van der Waals surface area contributed by atoms with Crippen LogP contribution in [0.25, 0.3) is 0 Å². The first-order chi connectivity index (χ1) is 7.43. The molecule has 1 atom stereocenters. The number of hydrogen-bond acceptors (Lipinski definition) is 3. The van der Waals surface area contributed by atoms with Crippen LogP contribution in [0.15, 0.2) is 29.2 Å². The topological polar surface area (TPSA) is 21.3 Å². The van der Waals surface area contributed by atoms with Crippen LogP contribution in [0.3, 0.4) is 0 Å². The molecule has 3 rings (SSSR count). The standard InChI is InChI=1S/C12H15NOS/c1-2-4-12-10(3-1)11(5-6-15-12)13-9-7-14-8-9/h1-4,9,11,13H,5-8H2. The second-order valence-electron chi connectivity index (χ2n) is 4.13. The Labute approximate surface area is 94.4 Å². The molecule has 1 N–H and O–H groups in total. The zero-order valence-electron chi connectivity index (χ0n) is 8.61. The third-order valence-corrected chi connectivity index (χ3v) is 4.16. The molecule has 80 valence electrons. The maximum Gasteiger partial charge on any atom is 0.0643 e. The Hall–Kier alpha value is -0.510. The van der Waals surface area contributed by atoms with E-state index in [4.69, 9.17) is 4.74 Å². The average molecular weight is 221 g/mol. The minimum Gasteiger partial charge on any atom is -0.378 e. The molecule has 3 heteroatoms. The van der Waals surface area contributed by atoms with Gasteiger partial charge < -0.3 is 10.1 Å². The summed E-state index contributed by atoms with van der Waals surface area (Å²) in [5, 5.41) is 3.67. The number of fused-ring (bicyclic) bond motifs is 1. The molecular formula is C12H15NOS. The van der Waals surface area contributed by atoms with Crippen LogP contribution < -0.4 is 5.32 Å². The Morgan fingerprint density at radius 3 is 2.93 bits per heavy atom. The molecule has 2 aliphatic rings. The van der Waals surface area contributed by atoms with Gasteiger partial charge in [0, 0.05) is 10.9 Å². The molecule has 0 aromatic heterocycles. The van der Waals surface area contributed by atoms with Gasteiger partial charge in [0.25, 0.3) is 0 Å². The first-order valence-corrected chi connectivity index (χ1v) is 6.47. The SMILES string of the molecule is c1ccc2c(c1)SCCC2NC1COC1. The maximum atomic E-state index is 5.20. The molecule has 2 nitrogen and oxygen atoms in total. The van der Waals surface area contributed by atoms with E-state index in [1.54, 1.807) is 0 Å². The molecule has 0 saturated carbocycles. The summed E-state index contributed by atoms with van der Waals surface area (Å²) in [6, 6.07) is 9.85. The maximum absolute atomic E-state index is 5.20. The van der Waals surface area contributed by atoms with Gasteiger partial charge >= 0.3 is 0 Å². The van der Waals surface area contributed by atoms with Crippen molar-refractivity contribution in [1.82, 2.24) is 5.32 Å². The van der Waals surface area contributed by atoms with Gasteiger partial charge in [-0.2, -0.15) is 0 Å². The van der Waals surface area contributed by atoms with Gasteiger partial charge in [-0.15, -0.1) is 11.8 Å². The van der Waals surface area contributed by atoms with Crippen molar-refractivity contribution < 1.29 is 4.74 Å². The highest BCUT2D eigenvalue weighted by atomic mass is 32.2. The molecule has 2 aliphatic heterocycles. The van der Waals surface area contributed by atoms with E-state index in [0.29, 0.717) is 12.1 Å². The van der Waals surface area contributed by atoms with E-state index in [2.05, 4.69) is 29.6 Å². The summed E-state index contributed by atoms with van der Waals surface area (Å²) in [5.41, 5.74) is 1.47. The van der Waals surface area contributed by atoms with E-state index in [1.807, 2.05) is 11.8 Å². The van der Waals surface area contributed by atoms with Crippen LogP contribution in [0.2, 0.25) is 0 Å². The molecule has 15 heavy (non-hydrogen) atoms. The van der Waals surface area contributed by atoms with E-state index in [0.717, 1.165) is 13.2 Å². The highest BCUT2D eigenvalue weighted by Gasteiger charge is 2.26. The second kappa shape index (κ2) is 4.16. The van der Waals surface area contributed by atoms with Crippen molar-refractivity contribution in [1.29, 1.82) is 0 Å². The van der Waals surface area contributed by atoms with Crippen molar-refractivity contribution in [3.8, 4) is 0 Å². The molecule has 1 aromatic carbocycles. The van der Waals surface area contributed by atoms with Gasteiger partial charge in [0.05, 0.1) is 19.3 Å². The Morgan fingerprint density at radius 1 is 1.27 bits per heavy atom. The molecule has 0 amide bonds. The molecule has 0 bridgehead atoms. The van der Waals surface area contributed by atoms with Gasteiger partial charge in [-0.05, 0) is 23.8 Å². The minimum absolute atomic E-state index is 0.538. The lowest BCUT2D eigenvalue weighted by atomic mass is 10.0. The summed E-state index contributed by atoms with van der Waals surface area (Å²) >= 11 is 1.97. The lowest BCUT2D eigenvalue weighted by Crippen LogP contribution is -2.47. The first kappa shape index (κ1) is 9.70. The van der Waals surface area contributed by atoms with Crippen molar-refractivity contribution in [3.05, 3.63) is 29.8 Å². The second-order valence-corrected chi connectivity index (χ2v) is 5.27. The molecular weight excluding hydrogens is 206 g/mol. The predicted molar refractivity (Wildman–Crippen MR) is 62.3 cm³/mol. The van der Waals surface area contributed by atoms with Gasteiger partial charge in [-0.3, -0.25) is 0 Å².